The number of nitrogens with one attached hydrogen (secondary N) is 1. The summed E-state index contributed by atoms with van der Waals surface area (Å²) in [5.74, 6) is 0.830. The number of anilines is 1. The van der Waals surface area contributed by atoms with Crippen LogP contribution >= 0.6 is 0 Å². The molecule has 0 aliphatic rings. The van der Waals surface area contributed by atoms with E-state index in [0.717, 1.165) is 0 Å². The van der Waals surface area contributed by atoms with Gasteiger partial charge in [0.15, 0.2) is 5.82 Å². The van der Waals surface area contributed by atoms with E-state index < -0.39 is 10.0 Å². The number of sulfonamides is 1. The van der Waals surface area contributed by atoms with Gasteiger partial charge in [0.05, 0.1) is 4.90 Å². The number of nitrogens with zero attached hydrogens (tertiary/aromatic N) is 4. The second kappa shape index (κ2) is 8.15. The number of benzene rings is 2. The molecule has 3 N–H and O–H groups in total. The zero-order valence-corrected chi connectivity index (χ0v) is 15.8. The first kappa shape index (κ1) is 19.5. The van der Waals surface area contributed by atoms with Crippen LogP contribution in [0.4, 0.5) is 5.69 Å². The van der Waals surface area contributed by atoms with Gasteiger partial charge in [-0.25, -0.2) is 18.2 Å². The van der Waals surface area contributed by atoms with Crippen molar-refractivity contribution in [2.24, 2.45) is 5.14 Å². The number of carbonyl (C=O) groups is 1. The fraction of sp³-hybridized carbons (Fsp3) is 0.176. The van der Waals surface area contributed by atoms with Gasteiger partial charge in [0.25, 0.3) is 5.91 Å². The average Bonchev–Trinajstić information content (AvgIpc) is 3.14. The van der Waals surface area contributed by atoms with Crippen molar-refractivity contribution in [2.75, 3.05) is 5.32 Å². The van der Waals surface area contributed by atoms with Crippen LogP contribution in [0.15, 0.2) is 53.4 Å². The van der Waals surface area contributed by atoms with Crippen LogP contribution in [0.5, 0.6) is 5.75 Å². The van der Waals surface area contributed by atoms with Gasteiger partial charge in [0.1, 0.15) is 12.4 Å². The largest absolute Gasteiger partial charge is 0.486 e. The first-order chi connectivity index (χ1) is 13.4. The van der Waals surface area contributed by atoms with Gasteiger partial charge in [0, 0.05) is 17.8 Å². The van der Waals surface area contributed by atoms with Gasteiger partial charge in [-0.1, -0.05) is 0 Å². The first-order valence-corrected chi connectivity index (χ1v) is 9.83. The molecule has 1 amide bonds. The monoisotopic (exact) mass is 402 g/mol. The standard InChI is InChI=1S/C17H18N6O4S/c1-2-23-16(20-21-22-23)11-27-14-7-3-12(4-8-14)17(24)19-13-5-9-15(10-6-13)28(18,25)26/h3-10H,2,11H2,1H3,(H,19,24)(H2,18,25,26). The SMILES string of the molecule is CCn1nnnc1COc1ccc(C(=O)Nc2ccc(S(N)(=O)=O)cc2)cc1. The Hall–Kier alpha value is -3.31. The van der Waals surface area contributed by atoms with Crippen LogP contribution in [0.2, 0.25) is 0 Å². The van der Waals surface area contributed by atoms with E-state index in [1.807, 2.05) is 6.92 Å². The summed E-state index contributed by atoms with van der Waals surface area (Å²) in [5.41, 5.74) is 0.866. The lowest BCUT2D eigenvalue weighted by atomic mass is 10.2. The summed E-state index contributed by atoms with van der Waals surface area (Å²) in [5, 5.41) is 19.0. The molecule has 0 spiro atoms. The Morgan fingerprint density at radius 3 is 2.43 bits per heavy atom. The highest BCUT2D eigenvalue weighted by molar-refractivity contribution is 7.89. The van der Waals surface area contributed by atoms with Crippen molar-refractivity contribution in [3.05, 3.63) is 59.9 Å². The number of ether oxygens (including phenoxy) is 1. The number of tetrazole rings is 1. The van der Waals surface area contributed by atoms with Gasteiger partial charge >= 0.3 is 0 Å². The number of aromatic nitrogens is 4. The molecular formula is C17H18N6O4S. The molecule has 0 fully saturated rings. The molecule has 11 heteroatoms. The topological polar surface area (TPSA) is 142 Å². The molecule has 0 bridgehead atoms. The van der Waals surface area contributed by atoms with E-state index in [0.29, 0.717) is 29.4 Å². The second-order valence-electron chi connectivity index (χ2n) is 5.75. The summed E-state index contributed by atoms with van der Waals surface area (Å²) in [4.78, 5) is 12.3. The third kappa shape index (κ3) is 4.69. The van der Waals surface area contributed by atoms with Crippen molar-refractivity contribution in [2.45, 2.75) is 25.0 Å². The zero-order valence-electron chi connectivity index (χ0n) is 14.9. The van der Waals surface area contributed by atoms with Crippen LogP contribution in [0.25, 0.3) is 0 Å². The maximum absolute atomic E-state index is 12.3. The highest BCUT2D eigenvalue weighted by Gasteiger charge is 2.10. The number of hydrogen-bond acceptors (Lipinski definition) is 7. The molecule has 0 unspecified atom stereocenters. The Bertz CT molecular complexity index is 1060. The maximum Gasteiger partial charge on any atom is 0.255 e. The van der Waals surface area contributed by atoms with Gasteiger partial charge < -0.3 is 10.1 Å². The molecule has 0 saturated heterocycles. The molecule has 10 nitrogen and oxygen atoms in total. The quantitative estimate of drug-likeness (QED) is 0.604. The van der Waals surface area contributed by atoms with Crippen LogP contribution in [0.3, 0.4) is 0 Å². The number of carbonyl (C=O) groups excluding carboxylic acids is 1. The van der Waals surface area contributed by atoms with Crippen LogP contribution in [-0.4, -0.2) is 34.5 Å². The fourth-order valence-corrected chi connectivity index (χ4v) is 2.87. The lowest BCUT2D eigenvalue weighted by Gasteiger charge is -2.08. The minimum Gasteiger partial charge on any atom is -0.486 e. The van der Waals surface area contributed by atoms with E-state index in [2.05, 4.69) is 20.8 Å². The molecule has 0 atom stereocenters. The molecule has 1 aromatic heterocycles. The molecule has 0 radical (unpaired) electrons. The summed E-state index contributed by atoms with van der Waals surface area (Å²) in [6, 6.07) is 12.1. The van der Waals surface area contributed by atoms with E-state index in [1.54, 1.807) is 28.9 Å². The predicted molar refractivity (Wildman–Crippen MR) is 100 cm³/mol. The van der Waals surface area contributed by atoms with E-state index in [-0.39, 0.29) is 17.4 Å². The van der Waals surface area contributed by atoms with Crippen molar-refractivity contribution in [1.29, 1.82) is 0 Å². The maximum atomic E-state index is 12.3. The highest BCUT2D eigenvalue weighted by atomic mass is 32.2. The first-order valence-electron chi connectivity index (χ1n) is 8.29. The lowest BCUT2D eigenvalue weighted by Crippen LogP contribution is -2.14. The number of primary sulfonamides is 1. The number of rotatable bonds is 7. The van der Waals surface area contributed by atoms with E-state index >= 15 is 0 Å². The highest BCUT2D eigenvalue weighted by Crippen LogP contribution is 2.17. The van der Waals surface area contributed by atoms with Crippen molar-refractivity contribution < 1.29 is 17.9 Å². The summed E-state index contributed by atoms with van der Waals surface area (Å²) in [6.07, 6.45) is 0. The third-order valence-electron chi connectivity index (χ3n) is 3.83. The van der Waals surface area contributed by atoms with Gasteiger partial charge in [-0.05, 0) is 65.9 Å². The van der Waals surface area contributed by atoms with Crippen LogP contribution < -0.4 is 15.2 Å². The fourth-order valence-electron chi connectivity index (χ4n) is 2.35. The average molecular weight is 402 g/mol. The minimum absolute atomic E-state index is 0.0268. The zero-order chi connectivity index (χ0) is 20.1. The summed E-state index contributed by atoms with van der Waals surface area (Å²) in [7, 11) is -3.77. The number of amides is 1. The van der Waals surface area contributed by atoms with Gasteiger partial charge in [-0.3, -0.25) is 4.79 Å². The number of hydrogen-bond donors (Lipinski definition) is 2. The summed E-state index contributed by atoms with van der Waals surface area (Å²) in [6.45, 7) is 2.78. The Morgan fingerprint density at radius 2 is 1.82 bits per heavy atom. The predicted octanol–water partition coefficient (Wildman–Crippen LogP) is 1.17. The Kier molecular flexibility index (Phi) is 5.66. The van der Waals surface area contributed by atoms with Gasteiger partial charge in [0.2, 0.25) is 10.0 Å². The lowest BCUT2D eigenvalue weighted by molar-refractivity contribution is 0.102. The van der Waals surface area contributed by atoms with Crippen molar-refractivity contribution >= 4 is 21.6 Å². The molecule has 0 saturated carbocycles. The van der Waals surface area contributed by atoms with E-state index in [4.69, 9.17) is 9.88 Å². The van der Waals surface area contributed by atoms with Crippen molar-refractivity contribution in [3.8, 4) is 5.75 Å². The van der Waals surface area contributed by atoms with Crippen LogP contribution in [0.1, 0.15) is 23.1 Å². The van der Waals surface area contributed by atoms with Gasteiger partial charge in [-0.15, -0.1) is 5.10 Å². The molecule has 2 aromatic carbocycles. The number of aryl methyl sites for hydroxylation is 1. The van der Waals surface area contributed by atoms with Crippen molar-refractivity contribution in [3.63, 3.8) is 0 Å². The van der Waals surface area contributed by atoms with Crippen molar-refractivity contribution in [1.82, 2.24) is 20.2 Å². The van der Waals surface area contributed by atoms with E-state index in [1.165, 1.54) is 24.3 Å². The molecule has 1 heterocycles. The molecular weight excluding hydrogens is 384 g/mol. The van der Waals surface area contributed by atoms with Gasteiger partial charge in [-0.2, -0.15) is 0 Å². The second-order valence-corrected chi connectivity index (χ2v) is 7.31. The molecule has 3 rings (SSSR count). The number of nitrogens with two attached hydrogens (primary N) is 1. The summed E-state index contributed by atoms with van der Waals surface area (Å²) < 4.78 is 29.8. The normalized spacial score (nSPS) is 11.2. The Labute approximate surface area is 161 Å². The third-order valence-corrected chi connectivity index (χ3v) is 4.76. The van der Waals surface area contributed by atoms with E-state index in [9.17, 15) is 13.2 Å². The van der Waals surface area contributed by atoms with Crippen LogP contribution in [-0.2, 0) is 23.2 Å². The molecule has 28 heavy (non-hydrogen) atoms. The molecule has 0 aliphatic heterocycles. The molecule has 146 valence electrons. The van der Waals surface area contributed by atoms with Crippen LogP contribution in [0, 0.1) is 0 Å². The molecule has 3 aromatic rings. The summed E-state index contributed by atoms with van der Waals surface area (Å²) >= 11 is 0. The Balaban J connectivity index is 1.60. The smallest absolute Gasteiger partial charge is 0.255 e. The minimum atomic E-state index is -3.77. The Morgan fingerprint density at radius 1 is 1.14 bits per heavy atom. The molecule has 0 aliphatic carbocycles.